The van der Waals surface area contributed by atoms with Crippen LogP contribution in [-0.4, -0.2) is 37.1 Å². The number of carbonyl (C=O) groups excluding carboxylic acids is 2. The summed E-state index contributed by atoms with van der Waals surface area (Å²) in [6, 6.07) is 14.1. The monoisotopic (exact) mass is 437 g/mol. The minimum Gasteiger partial charge on any atom is -0.497 e. The zero-order chi connectivity index (χ0) is 23.1. The van der Waals surface area contributed by atoms with E-state index in [1.165, 1.54) is 0 Å². The van der Waals surface area contributed by atoms with Crippen LogP contribution >= 0.6 is 0 Å². The van der Waals surface area contributed by atoms with Crippen molar-refractivity contribution in [3.8, 4) is 34.1 Å². The van der Waals surface area contributed by atoms with Gasteiger partial charge in [0.25, 0.3) is 5.89 Å². The number of hydrogen-bond donors (Lipinski definition) is 2. The van der Waals surface area contributed by atoms with E-state index in [1.807, 2.05) is 50.2 Å². The second-order valence-electron chi connectivity index (χ2n) is 7.61. The summed E-state index contributed by atoms with van der Waals surface area (Å²) in [4.78, 5) is 27.8. The number of amides is 2. The standard InChI is InChI=1S/C24H27N3O5/c1-15(2)14-20(28)23-27-21(16-4-8-18(30-3)9-5-16)22(32-23)17-6-10-19(11-7-17)31-13-12-26-24(25)29/h4-11,15H,12-14H2,1-3H3,(H3,25,26,29). The summed E-state index contributed by atoms with van der Waals surface area (Å²) in [5.74, 6) is 2.01. The lowest BCUT2D eigenvalue weighted by molar-refractivity contribution is 0.0934. The summed E-state index contributed by atoms with van der Waals surface area (Å²) in [5.41, 5.74) is 7.18. The molecule has 0 aliphatic rings. The Morgan fingerprint density at radius 3 is 2.25 bits per heavy atom. The third-order valence-corrected chi connectivity index (χ3v) is 4.61. The van der Waals surface area contributed by atoms with Crippen LogP contribution in [0.2, 0.25) is 0 Å². The second kappa shape index (κ2) is 10.5. The molecule has 3 N–H and O–H groups in total. The van der Waals surface area contributed by atoms with Gasteiger partial charge in [-0.3, -0.25) is 4.79 Å². The summed E-state index contributed by atoms with van der Waals surface area (Å²) in [6.07, 6.45) is 0.355. The molecular formula is C24H27N3O5. The number of rotatable bonds is 10. The highest BCUT2D eigenvalue weighted by molar-refractivity contribution is 5.94. The fraction of sp³-hybridized carbons (Fsp3) is 0.292. The Morgan fingerprint density at radius 2 is 1.66 bits per heavy atom. The van der Waals surface area contributed by atoms with Crippen LogP contribution in [0.1, 0.15) is 31.0 Å². The van der Waals surface area contributed by atoms with Crippen LogP contribution in [0.4, 0.5) is 4.79 Å². The van der Waals surface area contributed by atoms with E-state index >= 15 is 0 Å². The number of nitrogens with one attached hydrogen (secondary N) is 1. The molecule has 8 nitrogen and oxygen atoms in total. The Hall–Kier alpha value is -3.81. The van der Waals surface area contributed by atoms with Crippen LogP contribution in [0.25, 0.3) is 22.6 Å². The van der Waals surface area contributed by atoms with E-state index in [4.69, 9.17) is 19.6 Å². The molecule has 0 spiro atoms. The van der Waals surface area contributed by atoms with Crippen LogP contribution < -0.4 is 20.5 Å². The van der Waals surface area contributed by atoms with Crippen molar-refractivity contribution in [1.29, 1.82) is 0 Å². The molecule has 0 aliphatic heterocycles. The first-order valence-electron chi connectivity index (χ1n) is 10.3. The number of nitrogens with zero attached hydrogens (tertiary/aromatic N) is 1. The predicted molar refractivity (Wildman–Crippen MR) is 121 cm³/mol. The molecule has 0 atom stereocenters. The first-order chi connectivity index (χ1) is 15.4. The molecule has 0 radical (unpaired) electrons. The van der Waals surface area contributed by atoms with E-state index in [0.717, 1.165) is 16.9 Å². The lowest BCUT2D eigenvalue weighted by Gasteiger charge is -2.07. The van der Waals surface area contributed by atoms with Gasteiger partial charge in [0.1, 0.15) is 23.8 Å². The van der Waals surface area contributed by atoms with E-state index in [-0.39, 0.29) is 24.2 Å². The highest BCUT2D eigenvalue weighted by Crippen LogP contribution is 2.34. The summed E-state index contributed by atoms with van der Waals surface area (Å²) >= 11 is 0. The van der Waals surface area contributed by atoms with Gasteiger partial charge in [-0.1, -0.05) is 13.8 Å². The van der Waals surface area contributed by atoms with Gasteiger partial charge in [-0.25, -0.2) is 9.78 Å². The number of primary amides is 1. The zero-order valence-corrected chi connectivity index (χ0v) is 18.4. The number of nitrogens with two attached hydrogens (primary N) is 1. The summed E-state index contributed by atoms with van der Waals surface area (Å²) in [7, 11) is 1.60. The molecule has 0 aliphatic carbocycles. The number of urea groups is 1. The van der Waals surface area contributed by atoms with Gasteiger partial charge in [-0.15, -0.1) is 0 Å². The summed E-state index contributed by atoms with van der Waals surface area (Å²) < 4.78 is 16.8. The smallest absolute Gasteiger partial charge is 0.312 e. The van der Waals surface area contributed by atoms with E-state index in [2.05, 4.69) is 10.3 Å². The number of carbonyl (C=O) groups is 2. The van der Waals surface area contributed by atoms with Crippen molar-refractivity contribution in [3.05, 3.63) is 54.4 Å². The topological polar surface area (TPSA) is 117 Å². The maximum absolute atomic E-state index is 12.6. The number of oxazole rings is 1. The largest absolute Gasteiger partial charge is 0.497 e. The number of methoxy groups -OCH3 is 1. The average molecular weight is 437 g/mol. The van der Waals surface area contributed by atoms with Gasteiger partial charge < -0.3 is 24.9 Å². The van der Waals surface area contributed by atoms with Crippen molar-refractivity contribution in [3.63, 3.8) is 0 Å². The number of hydrogen-bond acceptors (Lipinski definition) is 6. The minimum atomic E-state index is -0.594. The van der Waals surface area contributed by atoms with Gasteiger partial charge in [0.05, 0.1) is 13.7 Å². The van der Waals surface area contributed by atoms with Crippen LogP contribution in [-0.2, 0) is 0 Å². The second-order valence-corrected chi connectivity index (χ2v) is 7.61. The Morgan fingerprint density at radius 1 is 1.03 bits per heavy atom. The molecule has 2 amide bonds. The number of ketones is 1. The normalized spacial score (nSPS) is 10.8. The summed E-state index contributed by atoms with van der Waals surface area (Å²) in [6.45, 7) is 4.55. The fourth-order valence-electron chi connectivity index (χ4n) is 3.08. The Bertz CT molecular complexity index is 1060. The Kier molecular flexibility index (Phi) is 7.49. The van der Waals surface area contributed by atoms with Gasteiger partial charge in [0.15, 0.2) is 5.76 Å². The molecular weight excluding hydrogens is 410 g/mol. The molecule has 0 saturated carbocycles. The maximum atomic E-state index is 12.6. The quantitative estimate of drug-likeness (QED) is 0.361. The molecule has 0 bridgehead atoms. The van der Waals surface area contributed by atoms with E-state index in [1.54, 1.807) is 19.2 Å². The molecule has 3 aromatic rings. The first-order valence-corrected chi connectivity index (χ1v) is 10.3. The molecule has 1 heterocycles. The van der Waals surface area contributed by atoms with Crippen molar-refractivity contribution in [2.24, 2.45) is 11.7 Å². The molecule has 168 valence electrons. The minimum absolute atomic E-state index is 0.0948. The first kappa shape index (κ1) is 22.9. The van der Waals surface area contributed by atoms with Crippen LogP contribution in [0.3, 0.4) is 0 Å². The number of aromatic nitrogens is 1. The lowest BCUT2D eigenvalue weighted by Crippen LogP contribution is -2.32. The van der Waals surface area contributed by atoms with Crippen molar-refractivity contribution in [1.82, 2.24) is 10.3 Å². The van der Waals surface area contributed by atoms with Crippen molar-refractivity contribution < 1.29 is 23.5 Å². The molecule has 8 heteroatoms. The van der Waals surface area contributed by atoms with E-state index in [9.17, 15) is 9.59 Å². The highest BCUT2D eigenvalue weighted by Gasteiger charge is 2.22. The van der Waals surface area contributed by atoms with E-state index < -0.39 is 6.03 Å². The van der Waals surface area contributed by atoms with Gasteiger partial charge in [0, 0.05) is 17.5 Å². The molecule has 3 rings (SSSR count). The van der Waals surface area contributed by atoms with Crippen LogP contribution in [0, 0.1) is 5.92 Å². The SMILES string of the molecule is COc1ccc(-c2nc(C(=O)CC(C)C)oc2-c2ccc(OCCNC(N)=O)cc2)cc1. The number of benzene rings is 2. The predicted octanol–water partition coefficient (Wildman–Crippen LogP) is 4.29. The number of Topliss-reactive ketones (excluding diaryl/α,β-unsaturated/α-hetero) is 1. The van der Waals surface area contributed by atoms with Crippen LogP contribution in [0.15, 0.2) is 52.9 Å². The van der Waals surface area contributed by atoms with Gasteiger partial charge in [0.2, 0.25) is 5.78 Å². The van der Waals surface area contributed by atoms with Crippen molar-refractivity contribution in [2.75, 3.05) is 20.3 Å². The molecule has 2 aromatic carbocycles. The highest BCUT2D eigenvalue weighted by atomic mass is 16.5. The molecule has 1 aromatic heterocycles. The third kappa shape index (κ3) is 5.87. The van der Waals surface area contributed by atoms with Gasteiger partial charge in [-0.2, -0.15) is 0 Å². The number of ether oxygens (including phenoxy) is 2. The molecule has 32 heavy (non-hydrogen) atoms. The Balaban J connectivity index is 1.88. The maximum Gasteiger partial charge on any atom is 0.312 e. The summed E-state index contributed by atoms with van der Waals surface area (Å²) in [5, 5.41) is 2.46. The Labute approximate surface area is 186 Å². The molecule has 0 unspecified atom stereocenters. The van der Waals surface area contributed by atoms with Crippen LogP contribution in [0.5, 0.6) is 11.5 Å². The van der Waals surface area contributed by atoms with Crippen molar-refractivity contribution in [2.45, 2.75) is 20.3 Å². The average Bonchev–Trinajstić information content (AvgIpc) is 3.22. The molecule has 0 saturated heterocycles. The fourth-order valence-corrected chi connectivity index (χ4v) is 3.08. The lowest BCUT2D eigenvalue weighted by atomic mass is 10.1. The van der Waals surface area contributed by atoms with Gasteiger partial charge >= 0.3 is 6.03 Å². The third-order valence-electron chi connectivity index (χ3n) is 4.61. The van der Waals surface area contributed by atoms with Crippen molar-refractivity contribution >= 4 is 11.8 Å². The molecule has 0 fully saturated rings. The van der Waals surface area contributed by atoms with Gasteiger partial charge in [-0.05, 0) is 54.4 Å². The van der Waals surface area contributed by atoms with E-state index in [0.29, 0.717) is 30.2 Å². The zero-order valence-electron chi connectivity index (χ0n) is 18.4.